The fourth-order valence-corrected chi connectivity index (χ4v) is 4.60. The number of carbonyl (C=O) groups is 4. The standard InChI is InChI=1S/C34H46O18/c1-39-25-21-29(43-5)27(41-3)19-23(25)31(35)47-51-49-33(37)45-17-15-13-11-9-7-8-10-12-14-16-18-46-34(38)50-52-48-32(36)24-20-28(42-4)30(44-6)22-26(24)40-2/h19-22H,7-18H2,1-6H3. The zero-order valence-corrected chi connectivity index (χ0v) is 30.1. The third-order valence-electron chi connectivity index (χ3n) is 7.25. The van der Waals surface area contributed by atoms with Crippen molar-refractivity contribution in [2.24, 2.45) is 0 Å². The second-order valence-corrected chi connectivity index (χ2v) is 10.6. The SMILES string of the molecule is COc1cc(OC)c(C(=O)OOOC(=O)OCCCCCCCCCCCCOC(=O)OOOC(=O)c2cc(OC)c(OC)cc2OC)cc1OC. The van der Waals surface area contributed by atoms with E-state index in [9.17, 15) is 19.2 Å². The van der Waals surface area contributed by atoms with Crippen LogP contribution in [0.25, 0.3) is 0 Å². The van der Waals surface area contributed by atoms with Crippen molar-refractivity contribution >= 4 is 24.2 Å². The normalized spacial score (nSPS) is 10.3. The van der Waals surface area contributed by atoms with Crippen LogP contribution in [-0.4, -0.2) is 80.1 Å². The number of hydrogen-bond donors (Lipinski definition) is 0. The zero-order valence-electron chi connectivity index (χ0n) is 30.1. The van der Waals surface area contributed by atoms with Gasteiger partial charge in [-0.15, -0.1) is 0 Å². The molecule has 0 radical (unpaired) electrons. The number of unbranched alkanes of at least 4 members (excludes halogenated alkanes) is 9. The minimum absolute atomic E-state index is 0.0481. The molecule has 0 bridgehead atoms. The van der Waals surface area contributed by atoms with Crippen molar-refractivity contribution in [3.05, 3.63) is 35.4 Å². The molecule has 0 spiro atoms. The number of ether oxygens (including phenoxy) is 8. The lowest BCUT2D eigenvalue weighted by Crippen LogP contribution is -2.13. The lowest BCUT2D eigenvalue weighted by Gasteiger charge is -2.12. The molecule has 2 aromatic carbocycles. The summed E-state index contributed by atoms with van der Waals surface area (Å²) in [5.41, 5.74) is -0.0961. The molecule has 2 aromatic rings. The summed E-state index contributed by atoms with van der Waals surface area (Å²) >= 11 is 0. The van der Waals surface area contributed by atoms with Gasteiger partial charge in [-0.1, -0.05) is 51.4 Å². The summed E-state index contributed by atoms with van der Waals surface area (Å²) < 4.78 is 40.7. The topological polar surface area (TPSA) is 197 Å². The average Bonchev–Trinajstić information content (AvgIpc) is 3.16. The van der Waals surface area contributed by atoms with Gasteiger partial charge in [-0.05, 0) is 12.8 Å². The number of rotatable bonds is 25. The fraction of sp³-hybridized carbons (Fsp3) is 0.529. The maximum Gasteiger partial charge on any atom is 0.543 e. The van der Waals surface area contributed by atoms with Crippen LogP contribution in [0.5, 0.6) is 34.5 Å². The van der Waals surface area contributed by atoms with E-state index in [2.05, 4.69) is 29.6 Å². The molecule has 0 N–H and O–H groups in total. The van der Waals surface area contributed by atoms with Gasteiger partial charge in [-0.2, -0.15) is 0 Å². The van der Waals surface area contributed by atoms with Gasteiger partial charge in [0.05, 0.1) is 65.9 Å². The highest BCUT2D eigenvalue weighted by atomic mass is 17.5. The summed E-state index contributed by atoms with van der Waals surface area (Å²) in [7, 11) is 8.36. The first kappa shape index (κ1) is 42.8. The van der Waals surface area contributed by atoms with Crippen molar-refractivity contribution in [3.8, 4) is 34.5 Å². The van der Waals surface area contributed by atoms with Crippen LogP contribution in [0.2, 0.25) is 0 Å². The van der Waals surface area contributed by atoms with Gasteiger partial charge in [0.25, 0.3) is 0 Å². The Kier molecular flexibility index (Phi) is 20.4. The largest absolute Gasteiger partial charge is 0.543 e. The van der Waals surface area contributed by atoms with Gasteiger partial charge in [0.2, 0.25) is 0 Å². The molecule has 0 atom stereocenters. The molecule has 2 rings (SSSR count). The average molecular weight is 743 g/mol. The summed E-state index contributed by atoms with van der Waals surface area (Å²) in [6, 6.07) is 5.51. The Labute approximate surface area is 300 Å². The molecule has 18 nitrogen and oxygen atoms in total. The molecule has 52 heavy (non-hydrogen) atoms. The molecular formula is C34H46O18. The highest BCUT2D eigenvalue weighted by Gasteiger charge is 2.22. The minimum Gasteiger partial charge on any atom is -0.496 e. The summed E-state index contributed by atoms with van der Waals surface area (Å²) in [4.78, 5) is 65.6. The van der Waals surface area contributed by atoms with Crippen LogP contribution in [0, 0.1) is 0 Å². The van der Waals surface area contributed by atoms with Crippen LogP contribution in [0.15, 0.2) is 24.3 Å². The van der Waals surface area contributed by atoms with Crippen molar-refractivity contribution in [2.45, 2.75) is 64.2 Å². The lowest BCUT2D eigenvalue weighted by molar-refractivity contribution is -0.452. The monoisotopic (exact) mass is 742 g/mol. The van der Waals surface area contributed by atoms with Gasteiger partial charge in [-0.25, -0.2) is 29.0 Å². The van der Waals surface area contributed by atoms with Crippen molar-refractivity contribution in [2.75, 3.05) is 55.9 Å². The van der Waals surface area contributed by atoms with Crippen molar-refractivity contribution in [1.29, 1.82) is 0 Å². The number of benzene rings is 2. The third-order valence-corrected chi connectivity index (χ3v) is 7.25. The van der Waals surface area contributed by atoms with E-state index in [-0.39, 0.29) is 47.3 Å². The zero-order chi connectivity index (χ0) is 38.1. The van der Waals surface area contributed by atoms with E-state index in [1.54, 1.807) is 0 Å². The molecule has 18 heteroatoms. The van der Waals surface area contributed by atoms with E-state index in [0.29, 0.717) is 24.3 Å². The molecule has 0 aliphatic rings. The maximum absolute atomic E-state index is 12.3. The molecular weight excluding hydrogens is 696 g/mol. The molecule has 0 unspecified atom stereocenters. The predicted octanol–water partition coefficient (Wildman–Crippen LogP) is 6.65. The molecule has 0 aromatic heterocycles. The Balaban J connectivity index is 1.43. The Bertz CT molecular complexity index is 1310. The van der Waals surface area contributed by atoms with E-state index in [1.165, 1.54) is 66.9 Å². The molecule has 0 heterocycles. The van der Waals surface area contributed by atoms with Crippen LogP contribution in [0.3, 0.4) is 0 Å². The Morgan fingerprint density at radius 3 is 0.981 bits per heavy atom. The quantitative estimate of drug-likeness (QED) is 0.0453. The highest BCUT2D eigenvalue weighted by molar-refractivity contribution is 5.94. The van der Waals surface area contributed by atoms with E-state index in [4.69, 9.17) is 37.9 Å². The Morgan fingerprint density at radius 2 is 0.673 bits per heavy atom. The van der Waals surface area contributed by atoms with Crippen LogP contribution in [0.1, 0.15) is 84.9 Å². The second kappa shape index (κ2) is 24.7. The van der Waals surface area contributed by atoms with Crippen LogP contribution < -0.4 is 28.4 Å². The number of methoxy groups -OCH3 is 6. The van der Waals surface area contributed by atoms with Crippen molar-refractivity contribution < 1.29 is 86.7 Å². The minimum atomic E-state index is -1.16. The molecule has 0 saturated heterocycles. The Hall–Kier alpha value is -5.36. The van der Waals surface area contributed by atoms with Gasteiger partial charge in [0, 0.05) is 24.3 Å². The lowest BCUT2D eigenvalue weighted by atomic mass is 10.1. The van der Waals surface area contributed by atoms with Gasteiger partial charge in [0.1, 0.15) is 22.6 Å². The molecule has 0 aliphatic heterocycles. The smallest absolute Gasteiger partial charge is 0.496 e. The molecule has 0 amide bonds. The summed E-state index contributed by atoms with van der Waals surface area (Å²) in [6.45, 7) is 0.224. The van der Waals surface area contributed by atoms with Gasteiger partial charge in [0.15, 0.2) is 23.0 Å². The van der Waals surface area contributed by atoms with Gasteiger partial charge in [-0.3, -0.25) is 9.78 Å². The second-order valence-electron chi connectivity index (χ2n) is 10.6. The van der Waals surface area contributed by atoms with Crippen LogP contribution in [0.4, 0.5) is 9.59 Å². The number of carbonyl (C=O) groups excluding carboxylic acids is 4. The van der Waals surface area contributed by atoms with Crippen molar-refractivity contribution in [1.82, 2.24) is 0 Å². The Morgan fingerprint density at radius 1 is 0.385 bits per heavy atom. The molecule has 0 aliphatic carbocycles. The maximum atomic E-state index is 12.3. The molecule has 0 saturated carbocycles. The van der Waals surface area contributed by atoms with Gasteiger partial charge < -0.3 is 37.9 Å². The van der Waals surface area contributed by atoms with E-state index in [0.717, 1.165) is 51.4 Å². The fourth-order valence-electron chi connectivity index (χ4n) is 4.60. The summed E-state index contributed by atoms with van der Waals surface area (Å²) in [6.07, 6.45) is 6.75. The summed E-state index contributed by atoms with van der Waals surface area (Å²) in [5.74, 6) is -0.558. The van der Waals surface area contributed by atoms with Crippen molar-refractivity contribution in [3.63, 3.8) is 0 Å². The highest BCUT2D eigenvalue weighted by Crippen LogP contribution is 2.36. The first-order valence-corrected chi connectivity index (χ1v) is 16.3. The first-order chi connectivity index (χ1) is 25.2. The van der Waals surface area contributed by atoms with Crippen LogP contribution >= 0.6 is 0 Å². The van der Waals surface area contributed by atoms with Crippen LogP contribution in [-0.2, 0) is 39.1 Å². The third kappa shape index (κ3) is 14.9. The van der Waals surface area contributed by atoms with E-state index in [1.807, 2.05) is 0 Å². The first-order valence-electron chi connectivity index (χ1n) is 16.3. The van der Waals surface area contributed by atoms with E-state index < -0.39 is 24.2 Å². The van der Waals surface area contributed by atoms with E-state index >= 15 is 0 Å². The predicted molar refractivity (Wildman–Crippen MR) is 176 cm³/mol. The molecule has 0 fully saturated rings. The molecule has 290 valence electrons. The number of hydrogen-bond acceptors (Lipinski definition) is 18. The van der Waals surface area contributed by atoms with Gasteiger partial charge >= 0.3 is 24.2 Å². The summed E-state index contributed by atoms with van der Waals surface area (Å²) in [5, 5.41) is 8.52.